The van der Waals surface area contributed by atoms with Crippen molar-refractivity contribution in [2.75, 3.05) is 13.2 Å². The SMILES string of the molecule is CC(C)CCC[C@H](C)[C@@H]1CC[C@H]2[C@@H]3CC[C@@H]4CC(OCCCN)CC[C@]4(C)[C@H]3CC[C@@]21C. The minimum absolute atomic E-state index is 0.507. The predicted molar refractivity (Wildman–Crippen MR) is 136 cm³/mol. The third-order valence-corrected chi connectivity index (χ3v) is 11.5. The summed E-state index contributed by atoms with van der Waals surface area (Å²) < 4.78 is 6.25. The summed E-state index contributed by atoms with van der Waals surface area (Å²) in [5.74, 6) is 6.68. The lowest BCUT2D eigenvalue weighted by atomic mass is 9.44. The summed E-state index contributed by atoms with van der Waals surface area (Å²) in [6.07, 6.45) is 18.9. The number of ether oxygens (including phenoxy) is 1. The molecule has 0 spiro atoms. The Morgan fingerprint density at radius 1 is 0.844 bits per heavy atom. The first kappa shape index (κ1) is 25.0. The third kappa shape index (κ3) is 4.71. The number of fused-ring (bicyclic) bond motifs is 5. The van der Waals surface area contributed by atoms with Crippen LogP contribution in [0.15, 0.2) is 0 Å². The van der Waals surface area contributed by atoms with Crippen molar-refractivity contribution >= 4 is 0 Å². The lowest BCUT2D eigenvalue weighted by Crippen LogP contribution is -2.54. The average Bonchev–Trinajstić information content (AvgIpc) is 3.11. The molecular weight excluding hydrogens is 390 g/mol. The fourth-order valence-corrected chi connectivity index (χ4v) is 9.73. The second-order valence-electron chi connectivity index (χ2n) is 13.6. The molecule has 2 heteroatoms. The highest BCUT2D eigenvalue weighted by atomic mass is 16.5. The number of hydrogen-bond acceptors (Lipinski definition) is 2. The zero-order valence-corrected chi connectivity index (χ0v) is 22.2. The molecule has 32 heavy (non-hydrogen) atoms. The van der Waals surface area contributed by atoms with Gasteiger partial charge in [0.1, 0.15) is 0 Å². The molecule has 4 saturated carbocycles. The van der Waals surface area contributed by atoms with Crippen LogP contribution in [0.3, 0.4) is 0 Å². The number of rotatable bonds is 9. The molecule has 4 rings (SSSR count). The van der Waals surface area contributed by atoms with Crippen LogP contribution in [0.5, 0.6) is 0 Å². The first-order valence-corrected chi connectivity index (χ1v) is 14.6. The molecule has 4 fully saturated rings. The minimum Gasteiger partial charge on any atom is -0.378 e. The molecule has 1 unspecified atom stereocenters. The van der Waals surface area contributed by atoms with Gasteiger partial charge in [0.25, 0.3) is 0 Å². The Labute approximate surface area is 200 Å². The Bertz CT molecular complexity index is 604. The third-order valence-electron chi connectivity index (χ3n) is 11.5. The molecule has 4 aliphatic carbocycles. The lowest BCUT2D eigenvalue weighted by Gasteiger charge is -2.61. The maximum Gasteiger partial charge on any atom is 0.0578 e. The summed E-state index contributed by atoms with van der Waals surface area (Å²) in [5.41, 5.74) is 6.89. The van der Waals surface area contributed by atoms with E-state index >= 15 is 0 Å². The second kappa shape index (κ2) is 10.3. The van der Waals surface area contributed by atoms with Crippen molar-refractivity contribution in [2.45, 2.75) is 124 Å². The van der Waals surface area contributed by atoms with Crippen LogP contribution in [0.4, 0.5) is 0 Å². The van der Waals surface area contributed by atoms with Crippen molar-refractivity contribution in [3.8, 4) is 0 Å². The van der Waals surface area contributed by atoms with E-state index in [1.807, 2.05) is 0 Å². The molecule has 0 aromatic heterocycles. The van der Waals surface area contributed by atoms with Gasteiger partial charge in [-0.2, -0.15) is 0 Å². The minimum atomic E-state index is 0.507. The van der Waals surface area contributed by atoms with Crippen molar-refractivity contribution in [3.05, 3.63) is 0 Å². The van der Waals surface area contributed by atoms with E-state index in [1.54, 1.807) is 0 Å². The van der Waals surface area contributed by atoms with Crippen molar-refractivity contribution in [1.29, 1.82) is 0 Å². The van der Waals surface area contributed by atoms with Gasteiger partial charge in [-0.25, -0.2) is 0 Å². The summed E-state index contributed by atoms with van der Waals surface area (Å²) in [6, 6.07) is 0. The summed E-state index contributed by atoms with van der Waals surface area (Å²) in [7, 11) is 0. The normalized spacial score (nSPS) is 44.7. The van der Waals surface area contributed by atoms with Gasteiger partial charge in [-0.15, -0.1) is 0 Å². The topological polar surface area (TPSA) is 35.2 Å². The van der Waals surface area contributed by atoms with E-state index in [4.69, 9.17) is 10.5 Å². The van der Waals surface area contributed by atoms with Crippen molar-refractivity contribution in [3.63, 3.8) is 0 Å². The van der Waals surface area contributed by atoms with E-state index < -0.39 is 0 Å². The van der Waals surface area contributed by atoms with E-state index in [0.29, 0.717) is 16.9 Å². The highest BCUT2D eigenvalue weighted by Gasteiger charge is 2.60. The second-order valence-corrected chi connectivity index (χ2v) is 13.6. The summed E-state index contributed by atoms with van der Waals surface area (Å²) in [6.45, 7) is 14.4. The first-order chi connectivity index (χ1) is 15.3. The van der Waals surface area contributed by atoms with Crippen molar-refractivity contribution < 1.29 is 4.74 Å². The molecule has 0 bridgehead atoms. The summed E-state index contributed by atoms with van der Waals surface area (Å²) >= 11 is 0. The average molecular weight is 446 g/mol. The molecule has 2 N–H and O–H groups in total. The smallest absolute Gasteiger partial charge is 0.0578 e. The van der Waals surface area contributed by atoms with Crippen LogP contribution in [0.1, 0.15) is 118 Å². The molecule has 186 valence electrons. The van der Waals surface area contributed by atoms with E-state index in [1.165, 1.54) is 77.0 Å². The van der Waals surface area contributed by atoms with Gasteiger partial charge in [0.2, 0.25) is 0 Å². The van der Waals surface area contributed by atoms with Crippen LogP contribution >= 0.6 is 0 Å². The molecule has 0 aliphatic heterocycles. The monoisotopic (exact) mass is 445 g/mol. The first-order valence-electron chi connectivity index (χ1n) is 14.6. The molecule has 0 heterocycles. The van der Waals surface area contributed by atoms with Gasteiger partial charge in [-0.1, -0.05) is 53.9 Å². The Morgan fingerprint density at radius 2 is 1.59 bits per heavy atom. The van der Waals surface area contributed by atoms with Gasteiger partial charge in [-0.05, 0) is 123 Å². The van der Waals surface area contributed by atoms with Crippen LogP contribution in [0, 0.1) is 52.3 Å². The van der Waals surface area contributed by atoms with Gasteiger partial charge in [0.05, 0.1) is 6.10 Å². The Balaban J connectivity index is 1.39. The zero-order valence-electron chi connectivity index (χ0n) is 22.2. The van der Waals surface area contributed by atoms with Crippen molar-refractivity contribution in [2.24, 2.45) is 58.0 Å². The summed E-state index contributed by atoms with van der Waals surface area (Å²) in [5, 5.41) is 0. The molecular formula is C30H55NO. The Kier molecular flexibility index (Phi) is 8.03. The molecule has 0 aromatic carbocycles. The van der Waals surface area contributed by atoms with Crippen LogP contribution < -0.4 is 5.73 Å². The molecule has 2 nitrogen and oxygen atoms in total. The molecule has 0 saturated heterocycles. The number of hydrogen-bond donors (Lipinski definition) is 1. The van der Waals surface area contributed by atoms with Gasteiger partial charge in [0.15, 0.2) is 0 Å². The maximum atomic E-state index is 6.25. The van der Waals surface area contributed by atoms with Gasteiger partial charge >= 0.3 is 0 Å². The van der Waals surface area contributed by atoms with Crippen LogP contribution in [0.2, 0.25) is 0 Å². The van der Waals surface area contributed by atoms with Gasteiger partial charge in [0, 0.05) is 6.61 Å². The van der Waals surface area contributed by atoms with Gasteiger partial charge in [-0.3, -0.25) is 0 Å². The fourth-order valence-electron chi connectivity index (χ4n) is 9.73. The molecule has 0 radical (unpaired) electrons. The number of nitrogens with two attached hydrogens (primary N) is 1. The van der Waals surface area contributed by atoms with E-state index in [0.717, 1.165) is 61.0 Å². The van der Waals surface area contributed by atoms with Crippen LogP contribution in [0.25, 0.3) is 0 Å². The Morgan fingerprint density at radius 3 is 2.34 bits per heavy atom. The molecule has 9 atom stereocenters. The predicted octanol–water partition coefficient (Wildman–Crippen LogP) is 7.84. The Hall–Kier alpha value is -0.0800. The van der Waals surface area contributed by atoms with Gasteiger partial charge < -0.3 is 10.5 Å². The largest absolute Gasteiger partial charge is 0.378 e. The van der Waals surface area contributed by atoms with E-state index in [9.17, 15) is 0 Å². The van der Waals surface area contributed by atoms with Crippen LogP contribution in [-0.2, 0) is 4.74 Å². The quantitative estimate of drug-likeness (QED) is 0.367. The zero-order chi connectivity index (χ0) is 22.9. The lowest BCUT2D eigenvalue weighted by molar-refractivity contribution is -0.136. The fraction of sp³-hybridized carbons (Fsp3) is 1.00. The maximum absolute atomic E-state index is 6.25. The molecule has 0 amide bonds. The standard InChI is InChI=1S/C30H55NO/c1-21(2)8-6-9-22(3)26-12-13-27-25-11-10-23-20-24(32-19-7-18-31)14-16-29(23,4)28(25)15-17-30(26,27)5/h21-28H,6-20,31H2,1-5H3/t22-,23+,24?,25-,26-,27-,28-,29-,30+/m0/s1. The molecule has 4 aliphatic rings. The summed E-state index contributed by atoms with van der Waals surface area (Å²) in [4.78, 5) is 0. The highest BCUT2D eigenvalue weighted by Crippen LogP contribution is 2.68. The van der Waals surface area contributed by atoms with E-state index in [2.05, 4.69) is 34.6 Å². The van der Waals surface area contributed by atoms with E-state index in [-0.39, 0.29) is 0 Å². The molecule has 0 aromatic rings. The highest BCUT2D eigenvalue weighted by molar-refractivity contribution is 5.09. The van der Waals surface area contributed by atoms with Crippen LogP contribution in [-0.4, -0.2) is 19.3 Å². The van der Waals surface area contributed by atoms with Crippen molar-refractivity contribution in [1.82, 2.24) is 0 Å².